The molecule has 0 spiro atoms. The summed E-state index contributed by atoms with van der Waals surface area (Å²) in [6.07, 6.45) is 0. The van der Waals surface area contributed by atoms with Gasteiger partial charge in [0.05, 0.1) is 11.6 Å². The van der Waals surface area contributed by atoms with Crippen molar-refractivity contribution in [1.29, 1.82) is 5.26 Å². The third-order valence-corrected chi connectivity index (χ3v) is 5.07. The lowest BCUT2D eigenvalue weighted by molar-refractivity contribution is 0.234. The van der Waals surface area contributed by atoms with Crippen molar-refractivity contribution >= 4 is 10.8 Å². The lowest BCUT2D eigenvalue weighted by atomic mass is 10.0. The number of nitrogens with zero attached hydrogens (tertiary/aromatic N) is 2. The number of nitriles is 1. The highest BCUT2D eigenvalue weighted by atomic mass is 16.1. The largest absolute Gasteiger partial charge is 0.321 e. The van der Waals surface area contributed by atoms with E-state index in [-0.39, 0.29) is 5.56 Å². The zero-order valence-electron chi connectivity index (χ0n) is 15.4. The maximum atomic E-state index is 12.4. The SMILES string of the molecule is CCN(CC)C(C)c1ccc(-c2cc3c(C#N)cccc3c(=O)[nH]2)cc1. The molecule has 1 unspecified atom stereocenters. The Kier molecular flexibility index (Phi) is 5.20. The van der Waals surface area contributed by atoms with E-state index in [1.807, 2.05) is 18.2 Å². The molecule has 0 saturated heterocycles. The predicted octanol–water partition coefficient (Wildman–Crippen LogP) is 4.47. The Hall–Kier alpha value is -2.90. The summed E-state index contributed by atoms with van der Waals surface area (Å²) < 4.78 is 0. The summed E-state index contributed by atoms with van der Waals surface area (Å²) in [5.41, 5.74) is 3.26. The molecule has 0 aliphatic heterocycles. The van der Waals surface area contributed by atoms with E-state index in [4.69, 9.17) is 0 Å². The van der Waals surface area contributed by atoms with Crippen LogP contribution >= 0.6 is 0 Å². The van der Waals surface area contributed by atoms with Gasteiger partial charge in [-0.15, -0.1) is 0 Å². The lowest BCUT2D eigenvalue weighted by Crippen LogP contribution is -2.26. The first-order valence-electron chi connectivity index (χ1n) is 8.99. The van der Waals surface area contributed by atoms with Gasteiger partial charge in [-0.05, 0) is 49.3 Å². The van der Waals surface area contributed by atoms with Crippen molar-refractivity contribution < 1.29 is 0 Å². The van der Waals surface area contributed by atoms with Crippen molar-refractivity contribution in [2.24, 2.45) is 0 Å². The normalized spacial score (nSPS) is 12.3. The molecular weight excluding hydrogens is 322 g/mol. The summed E-state index contributed by atoms with van der Waals surface area (Å²) in [7, 11) is 0. The van der Waals surface area contributed by atoms with Gasteiger partial charge in [-0.3, -0.25) is 9.69 Å². The van der Waals surface area contributed by atoms with E-state index in [0.29, 0.717) is 22.4 Å². The molecule has 0 radical (unpaired) electrons. The summed E-state index contributed by atoms with van der Waals surface area (Å²) >= 11 is 0. The first-order valence-corrected chi connectivity index (χ1v) is 8.99. The number of pyridine rings is 1. The third-order valence-electron chi connectivity index (χ3n) is 5.07. The predicted molar refractivity (Wildman–Crippen MR) is 106 cm³/mol. The molecule has 0 bridgehead atoms. The van der Waals surface area contributed by atoms with E-state index < -0.39 is 0 Å². The number of aromatic amines is 1. The number of nitrogens with one attached hydrogen (secondary N) is 1. The molecule has 4 heteroatoms. The summed E-state index contributed by atoms with van der Waals surface area (Å²) in [5.74, 6) is 0. The number of benzene rings is 2. The van der Waals surface area contributed by atoms with Crippen molar-refractivity contribution in [2.75, 3.05) is 13.1 Å². The molecule has 3 aromatic rings. The van der Waals surface area contributed by atoms with Crippen molar-refractivity contribution in [1.82, 2.24) is 9.88 Å². The Morgan fingerprint density at radius 3 is 2.38 bits per heavy atom. The highest BCUT2D eigenvalue weighted by Crippen LogP contribution is 2.25. The standard InChI is InChI=1S/C22H23N3O/c1-4-25(5-2)15(3)16-9-11-17(12-10-16)21-13-20-18(14-23)7-6-8-19(20)22(26)24-21/h6-13,15H,4-5H2,1-3H3,(H,24,26). The third kappa shape index (κ3) is 3.26. The Morgan fingerprint density at radius 1 is 1.08 bits per heavy atom. The van der Waals surface area contributed by atoms with Crippen LogP contribution in [0.15, 0.2) is 53.3 Å². The highest BCUT2D eigenvalue weighted by molar-refractivity contribution is 5.89. The number of hydrogen-bond acceptors (Lipinski definition) is 3. The Labute approximate surface area is 153 Å². The fourth-order valence-corrected chi connectivity index (χ4v) is 3.47. The van der Waals surface area contributed by atoms with Gasteiger partial charge in [0, 0.05) is 22.5 Å². The number of aromatic nitrogens is 1. The number of H-pyrrole nitrogens is 1. The number of hydrogen-bond donors (Lipinski definition) is 1. The van der Waals surface area contributed by atoms with Gasteiger partial charge in [-0.25, -0.2) is 0 Å². The van der Waals surface area contributed by atoms with Gasteiger partial charge >= 0.3 is 0 Å². The molecule has 26 heavy (non-hydrogen) atoms. The van der Waals surface area contributed by atoms with Crippen LogP contribution in [0.5, 0.6) is 0 Å². The van der Waals surface area contributed by atoms with E-state index in [2.05, 4.69) is 48.9 Å². The van der Waals surface area contributed by atoms with Gasteiger partial charge in [0.2, 0.25) is 0 Å². The van der Waals surface area contributed by atoms with Crippen LogP contribution in [0.3, 0.4) is 0 Å². The van der Waals surface area contributed by atoms with Crippen LogP contribution in [-0.2, 0) is 0 Å². The molecule has 1 aromatic heterocycles. The van der Waals surface area contributed by atoms with Gasteiger partial charge in [-0.2, -0.15) is 5.26 Å². The molecule has 0 fully saturated rings. The molecule has 1 heterocycles. The maximum Gasteiger partial charge on any atom is 0.256 e. The second-order valence-electron chi connectivity index (χ2n) is 6.41. The summed E-state index contributed by atoms with van der Waals surface area (Å²) in [5, 5.41) is 10.5. The summed E-state index contributed by atoms with van der Waals surface area (Å²) in [6.45, 7) is 8.56. The Bertz CT molecular complexity index is 1010. The van der Waals surface area contributed by atoms with Gasteiger partial charge < -0.3 is 4.98 Å². The molecule has 1 atom stereocenters. The molecule has 4 nitrogen and oxygen atoms in total. The van der Waals surface area contributed by atoms with Gasteiger partial charge in [0.25, 0.3) is 5.56 Å². The molecule has 0 amide bonds. The fraction of sp³-hybridized carbons (Fsp3) is 0.273. The lowest BCUT2D eigenvalue weighted by Gasteiger charge is -2.26. The molecular formula is C22H23N3O. The van der Waals surface area contributed by atoms with Crippen molar-refractivity contribution in [3.63, 3.8) is 0 Å². The molecule has 3 rings (SSSR count). The molecule has 2 aromatic carbocycles. The van der Waals surface area contributed by atoms with Crippen molar-refractivity contribution in [3.05, 3.63) is 70.0 Å². The van der Waals surface area contributed by atoms with Crippen LogP contribution in [0.2, 0.25) is 0 Å². The summed E-state index contributed by atoms with van der Waals surface area (Å²) in [4.78, 5) is 17.7. The van der Waals surface area contributed by atoms with E-state index in [1.54, 1.807) is 18.2 Å². The van der Waals surface area contributed by atoms with Gasteiger partial charge in [0.15, 0.2) is 0 Å². The smallest absolute Gasteiger partial charge is 0.256 e. The second kappa shape index (κ2) is 7.55. The van der Waals surface area contributed by atoms with Crippen LogP contribution in [0, 0.1) is 11.3 Å². The molecule has 132 valence electrons. The van der Waals surface area contributed by atoms with Gasteiger partial charge in [0.1, 0.15) is 0 Å². The first kappa shape index (κ1) is 17.9. The minimum absolute atomic E-state index is 0.171. The van der Waals surface area contributed by atoms with Crippen LogP contribution < -0.4 is 5.56 Å². The quantitative estimate of drug-likeness (QED) is 0.742. The van der Waals surface area contributed by atoms with Crippen LogP contribution in [0.1, 0.15) is 37.9 Å². The van der Waals surface area contributed by atoms with Crippen molar-refractivity contribution in [3.8, 4) is 17.3 Å². The van der Waals surface area contributed by atoms with Crippen LogP contribution in [0.4, 0.5) is 0 Å². The average Bonchev–Trinajstić information content (AvgIpc) is 2.68. The minimum atomic E-state index is -0.171. The van der Waals surface area contributed by atoms with Crippen LogP contribution in [-0.4, -0.2) is 23.0 Å². The first-order chi connectivity index (χ1) is 12.6. The Balaban J connectivity index is 2.02. The molecule has 0 aliphatic rings. The van der Waals surface area contributed by atoms with Crippen LogP contribution in [0.25, 0.3) is 22.0 Å². The maximum absolute atomic E-state index is 12.4. The van der Waals surface area contributed by atoms with E-state index in [1.165, 1.54) is 5.56 Å². The average molecular weight is 345 g/mol. The molecule has 0 saturated carbocycles. The van der Waals surface area contributed by atoms with Gasteiger partial charge in [-0.1, -0.05) is 44.2 Å². The fourth-order valence-electron chi connectivity index (χ4n) is 3.47. The molecule has 0 aliphatic carbocycles. The zero-order valence-corrected chi connectivity index (χ0v) is 15.4. The monoisotopic (exact) mass is 345 g/mol. The number of rotatable bonds is 5. The topological polar surface area (TPSA) is 59.9 Å². The number of fused-ring (bicyclic) bond motifs is 1. The highest BCUT2D eigenvalue weighted by Gasteiger charge is 2.13. The summed E-state index contributed by atoms with van der Waals surface area (Å²) in [6, 6.07) is 17.9. The van der Waals surface area contributed by atoms with E-state index in [0.717, 1.165) is 24.3 Å². The zero-order chi connectivity index (χ0) is 18.7. The Morgan fingerprint density at radius 2 is 1.77 bits per heavy atom. The van der Waals surface area contributed by atoms with E-state index in [9.17, 15) is 10.1 Å². The second-order valence-corrected chi connectivity index (χ2v) is 6.41. The van der Waals surface area contributed by atoms with Crippen molar-refractivity contribution in [2.45, 2.75) is 26.8 Å². The van der Waals surface area contributed by atoms with E-state index >= 15 is 0 Å². The minimum Gasteiger partial charge on any atom is -0.321 e. The molecule has 1 N–H and O–H groups in total.